The Labute approximate surface area is 278 Å². The number of nitrogens with one attached hydrogen (secondary N) is 1. The average molecular weight is 638 g/mol. The van der Waals surface area contributed by atoms with E-state index in [-0.39, 0.29) is 29.9 Å². The van der Waals surface area contributed by atoms with Crippen molar-refractivity contribution in [3.05, 3.63) is 94.1 Å². The van der Waals surface area contributed by atoms with Crippen LogP contribution in [-0.2, 0) is 16.0 Å². The zero-order chi connectivity index (χ0) is 33.1. The third-order valence-corrected chi connectivity index (χ3v) is 9.70. The van der Waals surface area contributed by atoms with E-state index in [0.717, 1.165) is 53.2 Å². The van der Waals surface area contributed by atoms with Crippen molar-refractivity contribution in [1.82, 2.24) is 15.1 Å². The van der Waals surface area contributed by atoms with Crippen LogP contribution in [0.15, 0.2) is 66.2 Å². The molecule has 248 valence electrons. The van der Waals surface area contributed by atoms with Gasteiger partial charge in [0.1, 0.15) is 23.9 Å². The summed E-state index contributed by atoms with van der Waals surface area (Å²) >= 11 is 0. The van der Waals surface area contributed by atoms with Crippen molar-refractivity contribution in [2.24, 2.45) is 0 Å². The number of aryl methyl sites for hydroxylation is 2. The molecule has 3 aromatic rings. The monoisotopic (exact) mass is 637 g/mol. The average Bonchev–Trinajstić information content (AvgIpc) is 3.91. The van der Waals surface area contributed by atoms with Crippen LogP contribution in [0.5, 0.6) is 17.2 Å². The molecule has 1 aliphatic carbocycles. The second kappa shape index (κ2) is 14.2. The Morgan fingerprint density at radius 3 is 2.32 bits per heavy atom. The highest BCUT2D eigenvalue weighted by Crippen LogP contribution is 2.37. The minimum atomic E-state index is -0.216. The van der Waals surface area contributed by atoms with Crippen molar-refractivity contribution < 1.29 is 23.8 Å². The predicted octanol–water partition coefficient (Wildman–Crippen LogP) is 5.66. The molecule has 1 saturated heterocycles. The van der Waals surface area contributed by atoms with Crippen LogP contribution < -0.4 is 19.5 Å². The number of piperazine rings is 1. The minimum Gasteiger partial charge on any atom is -0.497 e. The second-order valence-corrected chi connectivity index (χ2v) is 13.2. The molecule has 1 unspecified atom stereocenters. The number of hydrogen-bond acceptors (Lipinski definition) is 6. The van der Waals surface area contributed by atoms with Crippen LogP contribution >= 0.6 is 0 Å². The molecule has 2 aliphatic heterocycles. The summed E-state index contributed by atoms with van der Waals surface area (Å²) in [5, 5.41) is 3.68. The van der Waals surface area contributed by atoms with Crippen molar-refractivity contribution in [3.63, 3.8) is 0 Å². The Morgan fingerprint density at radius 2 is 1.64 bits per heavy atom. The molecule has 8 nitrogen and oxygen atoms in total. The van der Waals surface area contributed by atoms with Crippen molar-refractivity contribution in [2.75, 3.05) is 40.0 Å². The number of fused-ring (bicyclic) bond motifs is 2. The molecule has 2 amide bonds. The van der Waals surface area contributed by atoms with Gasteiger partial charge in [-0.15, -0.1) is 0 Å². The van der Waals surface area contributed by atoms with Gasteiger partial charge in [-0.3, -0.25) is 9.59 Å². The Morgan fingerprint density at radius 1 is 0.915 bits per heavy atom. The Balaban J connectivity index is 1.20. The maximum absolute atomic E-state index is 14.5. The molecule has 6 rings (SSSR count). The van der Waals surface area contributed by atoms with Crippen molar-refractivity contribution in [3.8, 4) is 17.2 Å². The molecular formula is C39H47N3O5. The fraction of sp³-hybridized carbons (Fsp3) is 0.436. The molecule has 2 bridgehead atoms. The SMILES string of the molecule is COc1ccc(OCCN(C(=O)C2=C(c3ccc(CCOc4cc(C)cc(C)c4C)cc3)CC3CN(C(C)=O)C[C@H]2N3)C2CC2)cc1. The van der Waals surface area contributed by atoms with Crippen LogP contribution in [0, 0.1) is 20.8 Å². The highest BCUT2D eigenvalue weighted by atomic mass is 16.5. The third-order valence-electron chi connectivity index (χ3n) is 9.70. The number of amides is 2. The Hall–Kier alpha value is -4.30. The van der Waals surface area contributed by atoms with Gasteiger partial charge in [0.05, 0.1) is 26.3 Å². The highest BCUT2D eigenvalue weighted by Gasteiger charge is 2.42. The lowest BCUT2D eigenvalue weighted by molar-refractivity contribution is -0.132. The number of ether oxygens (including phenoxy) is 3. The van der Waals surface area contributed by atoms with E-state index in [1.165, 1.54) is 22.3 Å². The summed E-state index contributed by atoms with van der Waals surface area (Å²) in [5.41, 5.74) is 7.76. The fourth-order valence-electron chi connectivity index (χ4n) is 6.85. The number of nitrogens with zero attached hydrogens (tertiary/aromatic N) is 2. The number of methoxy groups -OCH3 is 1. The molecule has 2 fully saturated rings. The molecule has 0 radical (unpaired) electrons. The van der Waals surface area contributed by atoms with Crippen LogP contribution in [0.1, 0.15) is 54.0 Å². The van der Waals surface area contributed by atoms with E-state index in [1.54, 1.807) is 14.0 Å². The number of carbonyl (C=O) groups excluding carboxylic acids is 2. The Kier molecular flexibility index (Phi) is 9.87. The van der Waals surface area contributed by atoms with E-state index in [0.29, 0.717) is 39.3 Å². The molecule has 3 aromatic carbocycles. The maximum atomic E-state index is 14.5. The molecule has 1 saturated carbocycles. The molecule has 8 heteroatoms. The molecule has 3 aliphatic rings. The molecule has 0 aromatic heterocycles. The van der Waals surface area contributed by atoms with Gasteiger partial charge in [-0.1, -0.05) is 30.3 Å². The van der Waals surface area contributed by atoms with Gasteiger partial charge in [-0.2, -0.15) is 0 Å². The summed E-state index contributed by atoms with van der Waals surface area (Å²) < 4.78 is 17.5. The van der Waals surface area contributed by atoms with Gasteiger partial charge < -0.3 is 29.3 Å². The number of benzene rings is 3. The molecule has 2 atom stereocenters. The van der Waals surface area contributed by atoms with Crippen molar-refractivity contribution in [1.29, 1.82) is 0 Å². The van der Waals surface area contributed by atoms with E-state index in [1.807, 2.05) is 34.1 Å². The predicted molar refractivity (Wildman–Crippen MR) is 184 cm³/mol. The topological polar surface area (TPSA) is 80.3 Å². The summed E-state index contributed by atoms with van der Waals surface area (Å²) in [6, 6.07) is 20.5. The molecular weight excluding hydrogens is 590 g/mol. The number of carbonyl (C=O) groups is 2. The van der Waals surface area contributed by atoms with Crippen LogP contribution in [0.2, 0.25) is 0 Å². The summed E-state index contributed by atoms with van der Waals surface area (Å²) in [7, 11) is 1.64. The Bertz CT molecular complexity index is 1630. The first kappa shape index (κ1) is 32.6. The van der Waals surface area contributed by atoms with Gasteiger partial charge in [-0.25, -0.2) is 0 Å². The lowest BCUT2D eigenvalue weighted by atomic mass is 9.82. The zero-order valence-electron chi connectivity index (χ0n) is 28.3. The first-order chi connectivity index (χ1) is 22.7. The summed E-state index contributed by atoms with van der Waals surface area (Å²) in [6.45, 7) is 10.6. The van der Waals surface area contributed by atoms with E-state index >= 15 is 0 Å². The van der Waals surface area contributed by atoms with Crippen LogP contribution in [0.4, 0.5) is 0 Å². The second-order valence-electron chi connectivity index (χ2n) is 13.2. The summed E-state index contributed by atoms with van der Waals surface area (Å²) in [4.78, 5) is 30.8. The first-order valence-electron chi connectivity index (χ1n) is 16.8. The number of hydrogen-bond donors (Lipinski definition) is 1. The highest BCUT2D eigenvalue weighted by molar-refractivity contribution is 6.03. The summed E-state index contributed by atoms with van der Waals surface area (Å²) in [6.07, 6.45) is 3.48. The van der Waals surface area contributed by atoms with Crippen LogP contribution in [0.25, 0.3) is 5.57 Å². The standard InChI is InChI=1S/C39H47N3O5/c1-25-20-26(2)27(3)37(21-25)47-18-16-29-6-8-30(9-7-29)35-22-31-23-41(28(4)43)24-36(40-31)38(35)39(44)42(32-10-11-32)17-19-46-34-14-12-33(45-5)13-15-34/h6-9,12-15,20-21,31-32,36,40H,10-11,16-19,22-24H2,1-5H3/t31?,36-/m1/s1. The molecule has 1 N–H and O–H groups in total. The van der Waals surface area contributed by atoms with E-state index in [4.69, 9.17) is 14.2 Å². The quantitative estimate of drug-likeness (QED) is 0.276. The molecule has 47 heavy (non-hydrogen) atoms. The van der Waals surface area contributed by atoms with Crippen molar-refractivity contribution in [2.45, 2.75) is 71.5 Å². The van der Waals surface area contributed by atoms with Gasteiger partial charge >= 0.3 is 0 Å². The minimum absolute atomic E-state index is 0.0449. The lowest BCUT2D eigenvalue weighted by Gasteiger charge is -2.44. The first-order valence-corrected chi connectivity index (χ1v) is 16.8. The zero-order valence-corrected chi connectivity index (χ0v) is 28.3. The van der Waals surface area contributed by atoms with Gasteiger partial charge in [0.15, 0.2) is 0 Å². The van der Waals surface area contributed by atoms with Crippen molar-refractivity contribution >= 4 is 17.4 Å². The maximum Gasteiger partial charge on any atom is 0.252 e. The largest absolute Gasteiger partial charge is 0.497 e. The van der Waals surface area contributed by atoms with Gasteiger partial charge in [-0.05, 0) is 104 Å². The van der Waals surface area contributed by atoms with E-state index < -0.39 is 0 Å². The molecule has 2 heterocycles. The van der Waals surface area contributed by atoms with E-state index in [2.05, 4.69) is 62.5 Å². The van der Waals surface area contributed by atoms with Crippen LogP contribution in [-0.4, -0.2) is 79.7 Å². The molecule has 0 spiro atoms. The summed E-state index contributed by atoms with van der Waals surface area (Å²) in [5.74, 6) is 2.56. The van der Waals surface area contributed by atoms with Gasteiger partial charge in [0.2, 0.25) is 5.91 Å². The number of rotatable bonds is 12. The van der Waals surface area contributed by atoms with E-state index in [9.17, 15) is 9.59 Å². The van der Waals surface area contributed by atoms with Gasteiger partial charge in [0.25, 0.3) is 5.91 Å². The van der Waals surface area contributed by atoms with Gasteiger partial charge in [0, 0.05) is 44.1 Å². The van der Waals surface area contributed by atoms with Crippen LogP contribution in [0.3, 0.4) is 0 Å². The third kappa shape index (κ3) is 7.65. The lowest BCUT2D eigenvalue weighted by Crippen LogP contribution is -2.62. The smallest absolute Gasteiger partial charge is 0.252 e. The fourth-order valence-corrected chi connectivity index (χ4v) is 6.85. The normalized spacial score (nSPS) is 19.0.